The molecule has 0 spiro atoms. The summed E-state index contributed by atoms with van der Waals surface area (Å²) in [6.07, 6.45) is 2.42. The molecule has 0 fully saturated rings. The number of carboxylic acids is 1. The maximum atomic E-state index is 13.2. The molecule has 13 heteroatoms. The van der Waals surface area contributed by atoms with E-state index < -0.39 is 27.8 Å². The van der Waals surface area contributed by atoms with Gasteiger partial charge in [-0.1, -0.05) is 79.7 Å². The number of aromatic nitrogens is 2. The van der Waals surface area contributed by atoms with Gasteiger partial charge >= 0.3 is 12.0 Å². The molecule has 2 amide bonds. The summed E-state index contributed by atoms with van der Waals surface area (Å²) in [5.41, 5.74) is 2.38. The number of alkyl halides is 2. The summed E-state index contributed by atoms with van der Waals surface area (Å²) in [5, 5.41) is 12.1. The molecule has 0 radical (unpaired) electrons. The topological polar surface area (TPSA) is 130 Å². The zero-order chi connectivity index (χ0) is 31.7. The van der Waals surface area contributed by atoms with E-state index >= 15 is 0 Å². The molecule has 232 valence electrons. The standard InChI is InChI=1S/C31H32F2N4O5S2/c1-2-9-26-35-28(43-30(32)33)27(29(38)39)37(26)20-22-15-17-23(18-16-22)24-13-6-7-14-25(24)44(41,42)36-31(40)34-19-8-12-21-10-4-3-5-11-21/h3-7,10-11,13-18,30H,2,8-9,12,19-20H2,1H3,(H,38,39)(H2,34,36,40). The number of benzene rings is 3. The third-order valence-electron chi connectivity index (χ3n) is 6.67. The Morgan fingerprint density at radius 3 is 2.30 bits per heavy atom. The van der Waals surface area contributed by atoms with Gasteiger partial charge in [0.05, 0.1) is 4.90 Å². The van der Waals surface area contributed by atoms with Crippen molar-refractivity contribution in [1.82, 2.24) is 19.6 Å². The van der Waals surface area contributed by atoms with Crippen LogP contribution in [0.2, 0.25) is 0 Å². The number of halogens is 2. The number of imidazole rings is 1. The summed E-state index contributed by atoms with van der Waals surface area (Å²) < 4.78 is 56.0. The van der Waals surface area contributed by atoms with Crippen LogP contribution in [0.25, 0.3) is 11.1 Å². The van der Waals surface area contributed by atoms with Crippen LogP contribution >= 0.6 is 11.8 Å². The van der Waals surface area contributed by atoms with Gasteiger partial charge in [0.1, 0.15) is 10.9 Å². The molecule has 0 aliphatic heterocycles. The fourth-order valence-corrected chi connectivity index (χ4v) is 6.49. The van der Waals surface area contributed by atoms with Gasteiger partial charge in [-0.25, -0.2) is 27.7 Å². The SMILES string of the molecule is CCCc1nc(SC(F)F)c(C(=O)O)n1Cc1ccc(-c2ccccc2S(=O)(=O)NC(=O)NCCCc2ccccc2)cc1. The highest BCUT2D eigenvalue weighted by atomic mass is 32.2. The quantitative estimate of drug-likeness (QED) is 0.111. The number of carbonyl (C=O) groups is 2. The van der Waals surface area contributed by atoms with E-state index in [4.69, 9.17) is 0 Å². The molecule has 0 saturated heterocycles. The number of urea groups is 1. The lowest BCUT2D eigenvalue weighted by Gasteiger charge is -2.14. The summed E-state index contributed by atoms with van der Waals surface area (Å²) in [6.45, 7) is 2.24. The number of sulfonamides is 1. The molecule has 1 aromatic heterocycles. The third-order valence-corrected chi connectivity index (χ3v) is 8.75. The number of carboxylic acid groups (broad SMARTS) is 1. The molecule has 0 aliphatic carbocycles. The minimum absolute atomic E-state index is 0.0694. The van der Waals surface area contributed by atoms with Crippen molar-refractivity contribution in [2.75, 3.05) is 6.54 Å². The van der Waals surface area contributed by atoms with Gasteiger partial charge in [-0.05, 0) is 53.8 Å². The van der Waals surface area contributed by atoms with E-state index in [1.54, 1.807) is 42.5 Å². The van der Waals surface area contributed by atoms with Crippen LogP contribution in [-0.2, 0) is 29.4 Å². The summed E-state index contributed by atoms with van der Waals surface area (Å²) in [6, 6.07) is 21.9. The van der Waals surface area contributed by atoms with Gasteiger partial charge < -0.3 is 15.0 Å². The second kappa shape index (κ2) is 15.0. The molecule has 4 rings (SSSR count). The first-order valence-electron chi connectivity index (χ1n) is 13.9. The first kappa shape index (κ1) is 32.7. The predicted octanol–water partition coefficient (Wildman–Crippen LogP) is 6.18. The Labute approximate surface area is 258 Å². The number of amides is 2. The van der Waals surface area contributed by atoms with Crippen molar-refractivity contribution < 1.29 is 31.9 Å². The number of hydrogen-bond acceptors (Lipinski definition) is 6. The monoisotopic (exact) mass is 642 g/mol. The Morgan fingerprint density at radius 2 is 1.64 bits per heavy atom. The Morgan fingerprint density at radius 1 is 0.955 bits per heavy atom. The smallest absolute Gasteiger partial charge is 0.355 e. The highest BCUT2D eigenvalue weighted by Gasteiger charge is 2.26. The van der Waals surface area contributed by atoms with Crippen LogP contribution in [0.1, 0.15) is 47.2 Å². The second-order valence-corrected chi connectivity index (χ2v) is 12.5. The van der Waals surface area contributed by atoms with Gasteiger partial charge in [-0.15, -0.1) is 0 Å². The number of hydrogen-bond donors (Lipinski definition) is 3. The Kier molecular flexibility index (Phi) is 11.1. The van der Waals surface area contributed by atoms with Crippen molar-refractivity contribution in [3.63, 3.8) is 0 Å². The molecule has 3 N–H and O–H groups in total. The van der Waals surface area contributed by atoms with Crippen LogP contribution in [0.15, 0.2) is 88.8 Å². The van der Waals surface area contributed by atoms with E-state index in [0.717, 1.165) is 12.0 Å². The van der Waals surface area contributed by atoms with E-state index in [1.165, 1.54) is 10.6 Å². The van der Waals surface area contributed by atoms with Gasteiger partial charge in [0.25, 0.3) is 15.8 Å². The zero-order valence-corrected chi connectivity index (χ0v) is 25.5. The van der Waals surface area contributed by atoms with E-state index in [1.807, 2.05) is 37.3 Å². The molecular formula is C31H32F2N4O5S2. The van der Waals surface area contributed by atoms with Crippen LogP contribution in [0.3, 0.4) is 0 Å². The summed E-state index contributed by atoms with van der Waals surface area (Å²) >= 11 is 0.0994. The van der Waals surface area contributed by atoms with Crippen molar-refractivity contribution in [2.24, 2.45) is 0 Å². The van der Waals surface area contributed by atoms with Gasteiger partial charge in [-0.3, -0.25) is 0 Å². The molecule has 0 unspecified atom stereocenters. The van der Waals surface area contributed by atoms with Crippen molar-refractivity contribution in [2.45, 2.75) is 54.8 Å². The van der Waals surface area contributed by atoms with E-state index in [0.29, 0.717) is 48.3 Å². The number of nitrogens with one attached hydrogen (secondary N) is 2. The summed E-state index contributed by atoms with van der Waals surface area (Å²) in [5.74, 6) is -3.79. The van der Waals surface area contributed by atoms with E-state index in [9.17, 15) is 31.9 Å². The molecule has 3 aromatic carbocycles. The largest absolute Gasteiger partial charge is 0.476 e. The number of nitrogens with zero attached hydrogens (tertiary/aromatic N) is 2. The Bertz CT molecular complexity index is 1700. The average Bonchev–Trinajstić information content (AvgIpc) is 3.31. The molecule has 0 atom stereocenters. The van der Waals surface area contributed by atoms with E-state index in [2.05, 4.69) is 15.0 Å². The second-order valence-electron chi connectivity index (χ2n) is 9.85. The highest BCUT2D eigenvalue weighted by Crippen LogP contribution is 2.31. The maximum absolute atomic E-state index is 13.2. The van der Waals surface area contributed by atoms with Crippen molar-refractivity contribution in [1.29, 1.82) is 0 Å². The van der Waals surface area contributed by atoms with Gasteiger partial charge in [0.15, 0.2) is 5.69 Å². The first-order chi connectivity index (χ1) is 21.1. The molecule has 9 nitrogen and oxygen atoms in total. The molecule has 1 heterocycles. The number of carbonyl (C=O) groups excluding carboxylic acids is 1. The Balaban J connectivity index is 1.49. The lowest BCUT2D eigenvalue weighted by atomic mass is 10.0. The van der Waals surface area contributed by atoms with E-state index in [-0.39, 0.29) is 33.9 Å². The molecular weight excluding hydrogens is 610 g/mol. The predicted molar refractivity (Wildman–Crippen MR) is 165 cm³/mol. The van der Waals surface area contributed by atoms with Crippen LogP contribution in [0, 0.1) is 0 Å². The molecule has 44 heavy (non-hydrogen) atoms. The maximum Gasteiger partial charge on any atom is 0.355 e. The van der Waals surface area contributed by atoms with Crippen LogP contribution in [-0.4, -0.2) is 47.4 Å². The minimum atomic E-state index is -4.22. The molecule has 0 aliphatic rings. The third kappa shape index (κ3) is 8.44. The molecule has 0 bridgehead atoms. The zero-order valence-electron chi connectivity index (χ0n) is 23.9. The Hall–Kier alpha value is -4.23. The molecule has 4 aromatic rings. The number of aryl methyl sites for hydroxylation is 2. The van der Waals surface area contributed by atoms with Crippen LogP contribution < -0.4 is 10.0 Å². The van der Waals surface area contributed by atoms with Crippen molar-refractivity contribution in [3.05, 3.63) is 102 Å². The average molecular weight is 643 g/mol. The van der Waals surface area contributed by atoms with Crippen LogP contribution in [0.4, 0.5) is 13.6 Å². The fourth-order valence-electron chi connectivity index (χ4n) is 4.70. The number of thioether (sulfide) groups is 1. The summed E-state index contributed by atoms with van der Waals surface area (Å²) in [7, 11) is -4.22. The number of rotatable bonds is 14. The van der Waals surface area contributed by atoms with Crippen LogP contribution in [0.5, 0.6) is 0 Å². The normalized spacial score (nSPS) is 11.5. The first-order valence-corrected chi connectivity index (χ1v) is 16.3. The van der Waals surface area contributed by atoms with Crippen molar-refractivity contribution >= 4 is 33.8 Å². The molecule has 0 saturated carbocycles. The lowest BCUT2D eigenvalue weighted by Crippen LogP contribution is -2.40. The summed E-state index contributed by atoms with van der Waals surface area (Å²) in [4.78, 5) is 28.5. The lowest BCUT2D eigenvalue weighted by molar-refractivity contribution is 0.0681. The number of aromatic carboxylic acids is 1. The van der Waals surface area contributed by atoms with Gasteiger partial charge in [0.2, 0.25) is 0 Å². The van der Waals surface area contributed by atoms with Crippen molar-refractivity contribution in [3.8, 4) is 11.1 Å². The van der Waals surface area contributed by atoms with Gasteiger partial charge in [-0.2, -0.15) is 8.78 Å². The minimum Gasteiger partial charge on any atom is -0.476 e. The fraction of sp³-hybridized carbons (Fsp3) is 0.258. The van der Waals surface area contributed by atoms with Gasteiger partial charge in [0, 0.05) is 25.1 Å². The highest BCUT2D eigenvalue weighted by molar-refractivity contribution is 7.99.